The first-order valence-electron chi connectivity index (χ1n) is 15.8. The molecule has 4 aromatic rings. The Hall–Kier alpha value is -4.91. The molecule has 7 heteroatoms. The zero-order chi connectivity index (χ0) is 31.4. The molecule has 1 aliphatic carbocycles. The highest BCUT2D eigenvalue weighted by Crippen LogP contribution is 2.28. The number of amides is 1. The highest BCUT2D eigenvalue weighted by molar-refractivity contribution is 6.12. The van der Waals surface area contributed by atoms with Crippen LogP contribution in [0, 0.1) is 5.92 Å². The predicted molar refractivity (Wildman–Crippen MR) is 177 cm³/mol. The van der Waals surface area contributed by atoms with Crippen LogP contribution in [0.25, 0.3) is 0 Å². The van der Waals surface area contributed by atoms with Crippen LogP contribution >= 0.6 is 0 Å². The van der Waals surface area contributed by atoms with Gasteiger partial charge in [-0.3, -0.25) is 9.59 Å². The van der Waals surface area contributed by atoms with Crippen molar-refractivity contribution in [2.75, 3.05) is 23.4 Å². The molecule has 0 aromatic heterocycles. The minimum atomic E-state index is -1.01. The van der Waals surface area contributed by atoms with Gasteiger partial charge in [-0.2, -0.15) is 0 Å². The molecule has 1 fully saturated rings. The summed E-state index contributed by atoms with van der Waals surface area (Å²) in [6, 6.07) is 32.2. The fourth-order valence-electron chi connectivity index (χ4n) is 5.85. The van der Waals surface area contributed by atoms with Gasteiger partial charge in [0.1, 0.15) is 11.8 Å². The van der Waals surface area contributed by atoms with Crippen LogP contribution < -0.4 is 15.0 Å². The first-order valence-corrected chi connectivity index (χ1v) is 15.8. The summed E-state index contributed by atoms with van der Waals surface area (Å²) in [5.74, 6) is -0.201. The first-order chi connectivity index (χ1) is 22.0. The Kier molecular flexibility index (Phi) is 11.0. The third kappa shape index (κ3) is 8.60. The SMILES string of the molecule is O=C(c1ccccc1)c1ccccc1N[C@@H](Cc1ccc(OCCCN(C(=O)C2CCCCC2)c2ccccc2)cc1)C(=O)O. The molecule has 0 bridgehead atoms. The predicted octanol–water partition coefficient (Wildman–Crippen LogP) is 7.41. The van der Waals surface area contributed by atoms with Gasteiger partial charge in [0.2, 0.25) is 5.91 Å². The smallest absolute Gasteiger partial charge is 0.326 e. The number of hydrogen-bond acceptors (Lipinski definition) is 5. The molecule has 232 valence electrons. The van der Waals surface area contributed by atoms with Crippen molar-refractivity contribution >= 4 is 29.0 Å². The summed E-state index contributed by atoms with van der Waals surface area (Å²) in [5, 5.41) is 13.1. The van der Waals surface area contributed by atoms with Crippen molar-refractivity contribution in [2.45, 2.75) is 51.0 Å². The molecule has 1 aliphatic rings. The van der Waals surface area contributed by atoms with E-state index in [0.717, 1.165) is 36.9 Å². The lowest BCUT2D eigenvalue weighted by Gasteiger charge is -2.29. The highest BCUT2D eigenvalue weighted by Gasteiger charge is 2.27. The molecule has 1 atom stereocenters. The lowest BCUT2D eigenvalue weighted by molar-refractivity contribution is -0.137. The Morgan fingerprint density at radius 2 is 1.44 bits per heavy atom. The van der Waals surface area contributed by atoms with E-state index in [2.05, 4.69) is 5.32 Å². The van der Waals surface area contributed by atoms with Gasteiger partial charge in [-0.05, 0) is 61.2 Å². The molecule has 0 aliphatic heterocycles. The molecule has 4 aromatic carbocycles. The van der Waals surface area contributed by atoms with Crippen molar-refractivity contribution in [3.05, 3.63) is 126 Å². The lowest BCUT2D eigenvalue weighted by Crippen LogP contribution is -2.38. The summed E-state index contributed by atoms with van der Waals surface area (Å²) in [6.45, 7) is 1.03. The van der Waals surface area contributed by atoms with Crippen LogP contribution in [0.5, 0.6) is 5.75 Å². The van der Waals surface area contributed by atoms with Gasteiger partial charge in [0.25, 0.3) is 0 Å². The Morgan fingerprint density at radius 1 is 0.800 bits per heavy atom. The maximum absolute atomic E-state index is 13.4. The number of ketones is 1. The number of ether oxygens (including phenoxy) is 1. The number of nitrogens with one attached hydrogen (secondary N) is 1. The van der Waals surface area contributed by atoms with E-state index in [-0.39, 0.29) is 24.0 Å². The molecule has 45 heavy (non-hydrogen) atoms. The quantitative estimate of drug-likeness (QED) is 0.115. The Morgan fingerprint density at radius 3 is 2.13 bits per heavy atom. The number of rotatable bonds is 14. The van der Waals surface area contributed by atoms with Gasteiger partial charge < -0.3 is 20.1 Å². The maximum Gasteiger partial charge on any atom is 0.326 e. The zero-order valence-corrected chi connectivity index (χ0v) is 25.4. The number of carbonyl (C=O) groups is 3. The second-order valence-electron chi connectivity index (χ2n) is 11.5. The molecule has 1 amide bonds. The average molecular weight is 605 g/mol. The normalized spacial score (nSPS) is 13.9. The van der Waals surface area contributed by atoms with Crippen molar-refractivity contribution in [1.29, 1.82) is 0 Å². The van der Waals surface area contributed by atoms with Crippen LogP contribution in [0.15, 0.2) is 109 Å². The first kappa shape index (κ1) is 31.5. The highest BCUT2D eigenvalue weighted by atomic mass is 16.5. The number of aliphatic carboxylic acids is 1. The van der Waals surface area contributed by atoms with E-state index in [1.54, 1.807) is 48.5 Å². The minimum absolute atomic E-state index is 0.0920. The summed E-state index contributed by atoms with van der Waals surface area (Å²) >= 11 is 0. The van der Waals surface area contributed by atoms with Crippen LogP contribution in [-0.2, 0) is 16.0 Å². The van der Waals surface area contributed by atoms with Crippen molar-refractivity contribution in [3.8, 4) is 5.75 Å². The standard InChI is InChI=1S/C38H40N2O5/c41-36(29-13-4-1-5-14-29)33-19-10-11-20-34(33)39-35(38(43)44)27-28-21-23-32(24-22-28)45-26-12-25-40(31-17-8-3-9-18-31)37(42)30-15-6-2-7-16-30/h1,3-5,8-11,13-14,17-24,30,35,39H,2,6-7,12,15-16,25-27H2,(H,43,44)/t35-/m0/s1. The van der Waals surface area contributed by atoms with E-state index in [1.807, 2.05) is 65.6 Å². The molecule has 0 heterocycles. The Bertz CT molecular complexity index is 1550. The van der Waals surface area contributed by atoms with E-state index < -0.39 is 12.0 Å². The number of para-hydroxylation sites is 2. The van der Waals surface area contributed by atoms with Gasteiger partial charge in [-0.25, -0.2) is 4.79 Å². The molecule has 0 spiro atoms. The van der Waals surface area contributed by atoms with Crippen LogP contribution in [0.2, 0.25) is 0 Å². The molecule has 0 saturated heterocycles. The van der Waals surface area contributed by atoms with Crippen LogP contribution in [0.4, 0.5) is 11.4 Å². The van der Waals surface area contributed by atoms with Crippen molar-refractivity contribution < 1.29 is 24.2 Å². The molecule has 1 saturated carbocycles. The fourth-order valence-corrected chi connectivity index (χ4v) is 5.85. The third-order valence-electron chi connectivity index (χ3n) is 8.28. The second-order valence-corrected chi connectivity index (χ2v) is 11.5. The maximum atomic E-state index is 13.4. The number of nitrogens with zero attached hydrogens (tertiary/aromatic N) is 1. The van der Waals surface area contributed by atoms with E-state index in [1.165, 1.54) is 6.42 Å². The largest absolute Gasteiger partial charge is 0.494 e. The molecule has 0 unspecified atom stereocenters. The molecule has 0 radical (unpaired) electrons. The molecule has 5 rings (SSSR count). The summed E-state index contributed by atoms with van der Waals surface area (Å²) in [4.78, 5) is 40.6. The number of anilines is 2. The van der Waals surface area contributed by atoms with Crippen LogP contribution in [-0.4, -0.2) is 42.0 Å². The average Bonchev–Trinajstić information content (AvgIpc) is 3.09. The summed E-state index contributed by atoms with van der Waals surface area (Å²) in [5.41, 5.74) is 3.18. The monoisotopic (exact) mass is 604 g/mol. The molecule has 7 nitrogen and oxygen atoms in total. The number of hydrogen-bond donors (Lipinski definition) is 2. The van der Waals surface area contributed by atoms with Crippen molar-refractivity contribution in [2.24, 2.45) is 5.92 Å². The van der Waals surface area contributed by atoms with Gasteiger partial charge >= 0.3 is 5.97 Å². The van der Waals surface area contributed by atoms with E-state index in [0.29, 0.717) is 42.1 Å². The molecule has 2 N–H and O–H groups in total. The Balaban J connectivity index is 1.16. The topological polar surface area (TPSA) is 95.9 Å². The number of carboxylic acids is 1. The van der Waals surface area contributed by atoms with E-state index >= 15 is 0 Å². The second kappa shape index (κ2) is 15.7. The summed E-state index contributed by atoms with van der Waals surface area (Å²) < 4.78 is 6.00. The van der Waals surface area contributed by atoms with Gasteiger partial charge in [0, 0.05) is 41.4 Å². The summed E-state index contributed by atoms with van der Waals surface area (Å²) in [6.07, 6.45) is 6.26. The third-order valence-corrected chi connectivity index (χ3v) is 8.28. The fraction of sp³-hybridized carbons (Fsp3) is 0.289. The van der Waals surface area contributed by atoms with Crippen molar-refractivity contribution in [3.63, 3.8) is 0 Å². The molecular weight excluding hydrogens is 564 g/mol. The van der Waals surface area contributed by atoms with Gasteiger partial charge in [-0.1, -0.05) is 92.1 Å². The van der Waals surface area contributed by atoms with Gasteiger partial charge in [0.15, 0.2) is 5.78 Å². The van der Waals surface area contributed by atoms with E-state index in [9.17, 15) is 19.5 Å². The summed E-state index contributed by atoms with van der Waals surface area (Å²) in [7, 11) is 0. The van der Waals surface area contributed by atoms with Crippen molar-refractivity contribution in [1.82, 2.24) is 0 Å². The minimum Gasteiger partial charge on any atom is -0.494 e. The lowest BCUT2D eigenvalue weighted by atomic mass is 9.88. The zero-order valence-electron chi connectivity index (χ0n) is 25.4. The Labute approximate surface area is 264 Å². The van der Waals surface area contributed by atoms with Crippen LogP contribution in [0.3, 0.4) is 0 Å². The van der Waals surface area contributed by atoms with Gasteiger partial charge in [-0.15, -0.1) is 0 Å². The number of benzene rings is 4. The molecular formula is C38H40N2O5. The number of carbonyl (C=O) groups excluding carboxylic acids is 2. The van der Waals surface area contributed by atoms with Gasteiger partial charge in [0.05, 0.1) is 6.61 Å². The number of carboxylic acid groups (broad SMARTS) is 1. The van der Waals surface area contributed by atoms with Crippen LogP contribution in [0.1, 0.15) is 60.0 Å². The van der Waals surface area contributed by atoms with E-state index in [4.69, 9.17) is 4.74 Å².